The normalized spacial score (nSPS) is 26.0. The summed E-state index contributed by atoms with van der Waals surface area (Å²) in [5.74, 6) is -0.119. The summed E-state index contributed by atoms with van der Waals surface area (Å²) in [6.07, 6.45) is 6.77. The molecule has 1 aromatic carbocycles. The Labute approximate surface area is 166 Å². The SMILES string of the molecule is NC1C=CCC2CN(c3cc4c(cc3F)c(=O)c(OC(=O)O)cn4C3CC3)CC12. The zero-order valence-corrected chi connectivity index (χ0v) is 15.8. The van der Waals surface area contributed by atoms with Gasteiger partial charge in [-0.15, -0.1) is 0 Å². The molecule has 0 amide bonds. The molecule has 0 spiro atoms. The Kier molecular flexibility index (Phi) is 4.13. The lowest BCUT2D eigenvalue weighted by Gasteiger charge is -2.25. The predicted octanol–water partition coefficient (Wildman–Crippen LogP) is 2.87. The molecule has 3 unspecified atom stereocenters. The van der Waals surface area contributed by atoms with Crippen LogP contribution in [0.25, 0.3) is 10.9 Å². The zero-order valence-electron chi connectivity index (χ0n) is 15.8. The van der Waals surface area contributed by atoms with E-state index in [9.17, 15) is 9.59 Å². The van der Waals surface area contributed by atoms with Gasteiger partial charge in [-0.2, -0.15) is 0 Å². The molecule has 1 aromatic heterocycles. The Morgan fingerprint density at radius 3 is 2.76 bits per heavy atom. The topological polar surface area (TPSA) is 97.8 Å². The minimum atomic E-state index is -1.56. The number of hydrogen-bond donors (Lipinski definition) is 2. The molecule has 0 radical (unpaired) electrons. The summed E-state index contributed by atoms with van der Waals surface area (Å²) in [5, 5.41) is 9.04. The van der Waals surface area contributed by atoms with Gasteiger partial charge in [0.1, 0.15) is 5.82 Å². The van der Waals surface area contributed by atoms with Crippen LogP contribution < -0.4 is 20.8 Å². The lowest BCUT2D eigenvalue weighted by atomic mass is 9.83. The number of rotatable bonds is 3. The van der Waals surface area contributed by atoms with Crippen LogP contribution in [0.3, 0.4) is 0 Å². The minimum Gasteiger partial charge on any atom is -0.449 e. The van der Waals surface area contributed by atoms with Crippen LogP contribution >= 0.6 is 0 Å². The van der Waals surface area contributed by atoms with Crippen molar-refractivity contribution in [2.75, 3.05) is 18.0 Å². The highest BCUT2D eigenvalue weighted by Gasteiger charge is 2.38. The maximum Gasteiger partial charge on any atom is 0.511 e. The van der Waals surface area contributed by atoms with Crippen molar-refractivity contribution in [3.63, 3.8) is 0 Å². The first-order chi connectivity index (χ1) is 13.9. The minimum absolute atomic E-state index is 0.0253. The molecule has 2 heterocycles. The van der Waals surface area contributed by atoms with Crippen LogP contribution in [0.1, 0.15) is 25.3 Å². The first-order valence-corrected chi connectivity index (χ1v) is 9.88. The van der Waals surface area contributed by atoms with E-state index in [-0.39, 0.29) is 29.1 Å². The molecule has 1 saturated heterocycles. The van der Waals surface area contributed by atoms with Crippen LogP contribution in [0.4, 0.5) is 14.9 Å². The molecular weight excluding hydrogens is 377 g/mol. The van der Waals surface area contributed by atoms with Gasteiger partial charge in [0.2, 0.25) is 5.43 Å². The second kappa shape index (κ2) is 6.59. The van der Waals surface area contributed by atoms with Gasteiger partial charge in [0, 0.05) is 25.2 Å². The number of ether oxygens (including phenoxy) is 1. The largest absolute Gasteiger partial charge is 0.511 e. The van der Waals surface area contributed by atoms with Crippen LogP contribution in [0.5, 0.6) is 5.75 Å². The summed E-state index contributed by atoms with van der Waals surface area (Å²) in [4.78, 5) is 25.6. The second-order valence-corrected chi connectivity index (χ2v) is 8.22. The molecule has 3 aliphatic rings. The van der Waals surface area contributed by atoms with Gasteiger partial charge in [-0.25, -0.2) is 9.18 Å². The number of allylic oxidation sites excluding steroid dienone is 1. The van der Waals surface area contributed by atoms with Gasteiger partial charge in [0.05, 0.1) is 22.8 Å². The number of halogens is 1. The number of carboxylic acid groups (broad SMARTS) is 1. The molecule has 29 heavy (non-hydrogen) atoms. The van der Waals surface area contributed by atoms with E-state index in [0.717, 1.165) is 25.8 Å². The van der Waals surface area contributed by atoms with Crippen LogP contribution in [-0.4, -0.2) is 35.0 Å². The highest BCUT2D eigenvalue weighted by molar-refractivity contribution is 5.85. The highest BCUT2D eigenvalue weighted by atomic mass is 19.1. The Balaban J connectivity index is 1.60. The van der Waals surface area contributed by atoms with Crippen LogP contribution in [0, 0.1) is 17.7 Å². The number of hydrogen-bond acceptors (Lipinski definition) is 5. The number of aromatic nitrogens is 1. The van der Waals surface area contributed by atoms with Crippen LogP contribution in [-0.2, 0) is 0 Å². The van der Waals surface area contributed by atoms with E-state index in [1.807, 2.05) is 15.5 Å². The number of fused-ring (bicyclic) bond motifs is 2. The summed E-state index contributed by atoms with van der Waals surface area (Å²) in [6.45, 7) is 1.39. The number of nitrogens with two attached hydrogens (primary N) is 1. The van der Waals surface area contributed by atoms with E-state index in [1.165, 1.54) is 12.3 Å². The third-order valence-electron chi connectivity index (χ3n) is 6.33. The zero-order chi connectivity index (χ0) is 20.3. The third kappa shape index (κ3) is 3.07. The Morgan fingerprint density at radius 1 is 1.28 bits per heavy atom. The maximum absolute atomic E-state index is 15.1. The Hall–Kier alpha value is -2.87. The van der Waals surface area contributed by atoms with Gasteiger partial charge in [-0.3, -0.25) is 4.79 Å². The van der Waals surface area contributed by atoms with Crippen molar-refractivity contribution < 1.29 is 19.0 Å². The van der Waals surface area contributed by atoms with Crippen molar-refractivity contribution in [2.45, 2.75) is 31.3 Å². The molecule has 0 bridgehead atoms. The molecule has 3 N–H and O–H groups in total. The number of anilines is 1. The van der Waals surface area contributed by atoms with Gasteiger partial charge in [0.25, 0.3) is 0 Å². The van der Waals surface area contributed by atoms with Crippen molar-refractivity contribution in [3.8, 4) is 5.75 Å². The van der Waals surface area contributed by atoms with Crippen molar-refractivity contribution in [3.05, 3.63) is 46.5 Å². The van der Waals surface area contributed by atoms with E-state index in [0.29, 0.717) is 23.7 Å². The lowest BCUT2D eigenvalue weighted by Crippen LogP contribution is -2.35. The molecule has 2 aromatic rings. The maximum atomic E-state index is 15.1. The van der Waals surface area contributed by atoms with Crippen LogP contribution in [0.15, 0.2) is 35.3 Å². The van der Waals surface area contributed by atoms with Gasteiger partial charge in [-0.1, -0.05) is 12.2 Å². The van der Waals surface area contributed by atoms with Crippen molar-refractivity contribution in [1.82, 2.24) is 4.57 Å². The molecule has 2 aliphatic carbocycles. The fraction of sp³-hybridized carbons (Fsp3) is 0.429. The van der Waals surface area contributed by atoms with E-state index in [2.05, 4.69) is 10.8 Å². The summed E-state index contributed by atoms with van der Waals surface area (Å²) < 4.78 is 21.6. The van der Waals surface area contributed by atoms with Gasteiger partial charge < -0.3 is 25.0 Å². The monoisotopic (exact) mass is 399 g/mol. The van der Waals surface area contributed by atoms with Gasteiger partial charge in [-0.05, 0) is 43.2 Å². The molecule has 1 saturated carbocycles. The van der Waals surface area contributed by atoms with Crippen molar-refractivity contribution in [1.29, 1.82) is 0 Å². The summed E-state index contributed by atoms with van der Waals surface area (Å²) >= 11 is 0. The average Bonchev–Trinajstić information content (AvgIpc) is 3.42. The molecule has 8 heteroatoms. The Morgan fingerprint density at radius 2 is 2.07 bits per heavy atom. The van der Waals surface area contributed by atoms with E-state index in [1.54, 1.807) is 6.07 Å². The lowest BCUT2D eigenvalue weighted by molar-refractivity contribution is 0.143. The van der Waals surface area contributed by atoms with Crippen molar-refractivity contribution >= 4 is 22.7 Å². The average molecular weight is 399 g/mol. The van der Waals surface area contributed by atoms with E-state index < -0.39 is 17.4 Å². The smallest absolute Gasteiger partial charge is 0.449 e. The molecule has 3 atom stereocenters. The fourth-order valence-corrected chi connectivity index (χ4v) is 4.73. The quantitative estimate of drug-likeness (QED) is 0.608. The number of pyridine rings is 1. The van der Waals surface area contributed by atoms with Gasteiger partial charge >= 0.3 is 6.16 Å². The first kappa shape index (κ1) is 18.2. The summed E-state index contributed by atoms with van der Waals surface area (Å²) in [5.41, 5.74) is 6.66. The van der Waals surface area contributed by atoms with E-state index in [4.69, 9.17) is 10.8 Å². The Bertz CT molecular complexity index is 1090. The fourth-order valence-electron chi connectivity index (χ4n) is 4.73. The summed E-state index contributed by atoms with van der Waals surface area (Å²) in [7, 11) is 0. The third-order valence-corrected chi connectivity index (χ3v) is 6.33. The highest BCUT2D eigenvalue weighted by Crippen LogP contribution is 2.40. The van der Waals surface area contributed by atoms with Crippen LogP contribution in [0.2, 0.25) is 0 Å². The number of benzene rings is 1. The molecule has 152 valence electrons. The van der Waals surface area contributed by atoms with Crippen molar-refractivity contribution in [2.24, 2.45) is 17.6 Å². The second-order valence-electron chi connectivity index (χ2n) is 8.22. The standard InChI is InChI=1S/C21H22FN3O4/c22-15-6-13-17(25(12-4-5-12)10-19(20(13)26)29-21(27)28)7-18(15)24-8-11-2-1-3-16(23)14(11)9-24/h1,3,6-7,10-12,14,16H,2,4-5,8-9,23H2,(H,27,28). The molecular formula is C21H22FN3O4. The van der Waals surface area contributed by atoms with Gasteiger partial charge in [0.15, 0.2) is 5.75 Å². The predicted molar refractivity (Wildman–Crippen MR) is 106 cm³/mol. The van der Waals surface area contributed by atoms with E-state index >= 15 is 4.39 Å². The molecule has 5 rings (SSSR count). The molecule has 2 fully saturated rings. The molecule has 7 nitrogen and oxygen atoms in total. The summed E-state index contributed by atoms with van der Waals surface area (Å²) in [6, 6.07) is 3.06. The molecule has 1 aliphatic heterocycles. The number of nitrogens with zero attached hydrogens (tertiary/aromatic N) is 2. The number of carbonyl (C=O) groups is 1. The first-order valence-electron chi connectivity index (χ1n) is 9.88.